The lowest BCUT2D eigenvalue weighted by Crippen LogP contribution is -2.53. The minimum absolute atomic E-state index is 0.0868. The topological polar surface area (TPSA) is 70.8 Å². The average molecular weight is 433 g/mol. The first-order chi connectivity index (χ1) is 15.2. The second-order valence-corrected chi connectivity index (χ2v) is 9.27. The molecule has 0 unspecified atom stereocenters. The number of amides is 2. The maximum absolute atomic E-state index is 13.4. The average Bonchev–Trinajstić information content (AvgIpc) is 2.80. The zero-order valence-corrected chi connectivity index (χ0v) is 19.0. The summed E-state index contributed by atoms with van der Waals surface area (Å²) in [5.41, 5.74) is 1.40. The molecule has 2 heterocycles. The van der Waals surface area contributed by atoms with Crippen LogP contribution in [0.1, 0.15) is 36.7 Å². The van der Waals surface area contributed by atoms with Gasteiger partial charge in [-0.3, -0.25) is 14.4 Å². The Labute approximate surface area is 187 Å². The molecule has 2 aromatic carbocycles. The molecule has 32 heavy (non-hydrogen) atoms. The monoisotopic (exact) mass is 432 g/mol. The number of nitrogens with zero attached hydrogens (tertiary/aromatic N) is 2. The lowest BCUT2D eigenvalue weighted by atomic mass is 9.94. The summed E-state index contributed by atoms with van der Waals surface area (Å²) < 4.78 is 6.19. The Morgan fingerprint density at radius 2 is 1.50 bits per heavy atom. The molecule has 6 nitrogen and oxygen atoms in total. The van der Waals surface area contributed by atoms with E-state index < -0.39 is 5.41 Å². The molecule has 166 valence electrons. The molecule has 1 fully saturated rings. The Kier molecular flexibility index (Phi) is 5.63. The molecule has 1 aliphatic rings. The van der Waals surface area contributed by atoms with Crippen LogP contribution in [0.15, 0.2) is 57.7 Å². The van der Waals surface area contributed by atoms with E-state index in [9.17, 15) is 14.4 Å². The van der Waals surface area contributed by atoms with Crippen LogP contribution in [-0.4, -0.2) is 47.8 Å². The van der Waals surface area contributed by atoms with Gasteiger partial charge in [0.15, 0.2) is 11.0 Å². The number of hydrogen-bond donors (Lipinski definition) is 0. The van der Waals surface area contributed by atoms with Gasteiger partial charge in [0.05, 0.1) is 10.9 Å². The normalized spacial score (nSPS) is 14.6. The van der Waals surface area contributed by atoms with E-state index in [0.717, 1.165) is 5.56 Å². The lowest BCUT2D eigenvalue weighted by molar-refractivity contribution is -0.140. The minimum atomic E-state index is -0.448. The fourth-order valence-corrected chi connectivity index (χ4v) is 4.10. The summed E-state index contributed by atoms with van der Waals surface area (Å²) in [7, 11) is 0. The number of piperazine rings is 1. The van der Waals surface area contributed by atoms with Crippen molar-refractivity contribution in [1.82, 2.24) is 9.80 Å². The Balaban J connectivity index is 1.68. The Hall–Kier alpha value is -3.41. The van der Waals surface area contributed by atoms with E-state index in [0.29, 0.717) is 54.0 Å². The highest BCUT2D eigenvalue weighted by molar-refractivity contribution is 6.05. The fraction of sp³-hybridized carbons (Fsp3) is 0.346. The molecule has 4 rings (SSSR count). The third-order valence-corrected chi connectivity index (χ3v) is 5.91. The van der Waals surface area contributed by atoms with Gasteiger partial charge in [-0.2, -0.15) is 0 Å². The van der Waals surface area contributed by atoms with Gasteiger partial charge in [-0.05, 0) is 19.1 Å². The van der Waals surface area contributed by atoms with Crippen molar-refractivity contribution < 1.29 is 14.0 Å². The summed E-state index contributed by atoms with van der Waals surface area (Å²) in [4.78, 5) is 42.5. The van der Waals surface area contributed by atoms with Crippen LogP contribution in [0.25, 0.3) is 22.3 Å². The van der Waals surface area contributed by atoms with Gasteiger partial charge in [0, 0.05) is 42.7 Å². The minimum Gasteiger partial charge on any atom is -0.455 e. The Morgan fingerprint density at radius 1 is 0.875 bits per heavy atom. The molecule has 6 heteroatoms. The van der Waals surface area contributed by atoms with E-state index in [2.05, 4.69) is 0 Å². The highest BCUT2D eigenvalue weighted by Gasteiger charge is 2.31. The summed E-state index contributed by atoms with van der Waals surface area (Å²) in [5, 5.41) is 0.398. The number of rotatable bonds is 2. The molecule has 0 radical (unpaired) electrons. The van der Waals surface area contributed by atoms with Crippen molar-refractivity contribution in [3.63, 3.8) is 0 Å². The zero-order valence-electron chi connectivity index (χ0n) is 19.0. The predicted molar refractivity (Wildman–Crippen MR) is 125 cm³/mol. The maximum Gasteiger partial charge on any atom is 0.257 e. The van der Waals surface area contributed by atoms with E-state index in [4.69, 9.17) is 4.42 Å². The highest BCUT2D eigenvalue weighted by Crippen LogP contribution is 2.28. The molecule has 0 saturated carbocycles. The number of para-hydroxylation sites is 1. The van der Waals surface area contributed by atoms with Crippen LogP contribution >= 0.6 is 0 Å². The highest BCUT2D eigenvalue weighted by atomic mass is 16.3. The van der Waals surface area contributed by atoms with Gasteiger partial charge in [-0.1, -0.05) is 57.2 Å². The first kappa shape index (κ1) is 21.8. The SMILES string of the molecule is Cc1c(-c2ccccc2)oc2c(C(=O)N3CCN(C(=O)C(C)(C)C)CC3)cccc2c1=O. The van der Waals surface area contributed by atoms with E-state index in [1.807, 2.05) is 56.0 Å². The van der Waals surface area contributed by atoms with Crippen molar-refractivity contribution in [2.75, 3.05) is 26.2 Å². The Bertz CT molecular complexity index is 1230. The molecular weight excluding hydrogens is 404 g/mol. The van der Waals surface area contributed by atoms with Crippen LogP contribution in [0.2, 0.25) is 0 Å². The number of fused-ring (bicyclic) bond motifs is 1. The molecule has 1 aliphatic heterocycles. The van der Waals surface area contributed by atoms with E-state index in [1.54, 1.807) is 30.0 Å². The number of carbonyl (C=O) groups is 2. The summed E-state index contributed by atoms with van der Waals surface area (Å²) in [6.45, 7) is 9.31. The smallest absolute Gasteiger partial charge is 0.257 e. The second-order valence-electron chi connectivity index (χ2n) is 9.27. The van der Waals surface area contributed by atoms with Crippen molar-refractivity contribution in [3.8, 4) is 11.3 Å². The molecule has 3 aromatic rings. The number of carbonyl (C=O) groups excluding carboxylic acids is 2. The summed E-state index contributed by atoms with van der Waals surface area (Å²) in [5.74, 6) is 0.372. The van der Waals surface area contributed by atoms with Crippen LogP contribution < -0.4 is 5.43 Å². The second kappa shape index (κ2) is 8.26. The zero-order chi connectivity index (χ0) is 23.0. The van der Waals surface area contributed by atoms with Crippen LogP contribution in [0.5, 0.6) is 0 Å². The molecule has 0 N–H and O–H groups in total. The van der Waals surface area contributed by atoms with Gasteiger partial charge < -0.3 is 14.2 Å². The van der Waals surface area contributed by atoms with Crippen LogP contribution in [0.3, 0.4) is 0 Å². The Morgan fingerprint density at radius 3 is 2.12 bits per heavy atom. The van der Waals surface area contributed by atoms with Crippen LogP contribution in [0.4, 0.5) is 0 Å². The fourth-order valence-electron chi connectivity index (χ4n) is 4.10. The third-order valence-electron chi connectivity index (χ3n) is 5.91. The molecule has 0 aliphatic carbocycles. The molecule has 1 saturated heterocycles. The first-order valence-electron chi connectivity index (χ1n) is 10.9. The van der Waals surface area contributed by atoms with Crippen molar-refractivity contribution in [1.29, 1.82) is 0 Å². The van der Waals surface area contributed by atoms with Crippen molar-refractivity contribution in [2.24, 2.45) is 5.41 Å². The molecular formula is C26H28N2O4. The third kappa shape index (κ3) is 3.93. The molecule has 0 atom stereocenters. The van der Waals surface area contributed by atoms with E-state index in [1.165, 1.54) is 0 Å². The van der Waals surface area contributed by atoms with E-state index >= 15 is 0 Å². The van der Waals surface area contributed by atoms with Gasteiger partial charge >= 0.3 is 0 Å². The van der Waals surface area contributed by atoms with Gasteiger partial charge in [-0.25, -0.2) is 0 Å². The van der Waals surface area contributed by atoms with Gasteiger partial charge in [0.2, 0.25) is 5.91 Å². The van der Waals surface area contributed by atoms with Crippen LogP contribution in [-0.2, 0) is 4.79 Å². The first-order valence-corrected chi connectivity index (χ1v) is 10.9. The molecule has 0 spiro atoms. The largest absolute Gasteiger partial charge is 0.455 e. The van der Waals surface area contributed by atoms with Gasteiger partial charge in [0.1, 0.15) is 5.76 Å². The maximum atomic E-state index is 13.4. The quantitative estimate of drug-likeness (QED) is 0.611. The predicted octanol–water partition coefficient (Wildman–Crippen LogP) is 4.10. The molecule has 0 bridgehead atoms. The van der Waals surface area contributed by atoms with E-state index in [-0.39, 0.29) is 17.2 Å². The number of benzene rings is 2. The molecule has 1 aromatic heterocycles. The summed E-state index contributed by atoms with van der Waals surface area (Å²) >= 11 is 0. The standard InChI is InChI=1S/C26H28N2O4/c1-17-21(29)19-11-8-12-20(23(19)32-22(17)18-9-6-5-7-10-18)24(30)27-13-15-28(16-14-27)25(31)26(2,3)4/h5-12H,13-16H2,1-4H3. The van der Waals surface area contributed by atoms with Crippen molar-refractivity contribution in [3.05, 3.63) is 69.9 Å². The van der Waals surface area contributed by atoms with Crippen molar-refractivity contribution in [2.45, 2.75) is 27.7 Å². The molecule has 2 amide bonds. The van der Waals surface area contributed by atoms with Gasteiger partial charge in [0.25, 0.3) is 5.91 Å². The van der Waals surface area contributed by atoms with Crippen molar-refractivity contribution >= 4 is 22.8 Å². The van der Waals surface area contributed by atoms with Gasteiger partial charge in [-0.15, -0.1) is 0 Å². The number of hydrogen-bond acceptors (Lipinski definition) is 4. The summed E-state index contributed by atoms with van der Waals surface area (Å²) in [6, 6.07) is 14.5. The summed E-state index contributed by atoms with van der Waals surface area (Å²) in [6.07, 6.45) is 0. The van der Waals surface area contributed by atoms with Crippen LogP contribution in [0, 0.1) is 12.3 Å². The lowest BCUT2D eigenvalue weighted by Gasteiger charge is -2.37.